The smallest absolute Gasteiger partial charge is 0.326 e. The maximum absolute atomic E-state index is 13.2. The Labute approximate surface area is 205 Å². The van der Waals surface area contributed by atoms with Crippen molar-refractivity contribution < 1.29 is 23.1 Å². The molecule has 3 aromatic rings. The molecule has 0 bridgehead atoms. The Bertz CT molecular complexity index is 1340. The molecule has 2 heterocycles. The number of rotatable bonds is 11. The molecule has 0 saturated carbocycles. The molecule has 0 unspecified atom stereocenters. The number of guanidine groups is 1. The Morgan fingerprint density at radius 3 is 2.66 bits per heavy atom. The number of nitrogens with two attached hydrogens (primary N) is 2. The Hall–Kier alpha value is -3.91. The highest BCUT2D eigenvalue weighted by Crippen LogP contribution is 2.30. The number of carbonyl (C=O) groups is 2. The molecule has 0 fully saturated rings. The molecule has 0 aliphatic carbocycles. The summed E-state index contributed by atoms with van der Waals surface area (Å²) in [5, 5.41) is 17.5. The largest absolute Gasteiger partial charge is 0.480 e. The number of amides is 1. The zero-order chi connectivity index (χ0) is 25.6. The number of aliphatic carboxylic acids is 1. The number of benzene rings is 1. The molecule has 35 heavy (non-hydrogen) atoms. The van der Waals surface area contributed by atoms with Crippen LogP contribution in [0.4, 0.5) is 5.69 Å². The van der Waals surface area contributed by atoms with Crippen LogP contribution in [0.25, 0.3) is 11.1 Å². The molecule has 1 amide bonds. The number of carbonyl (C=O) groups excluding carboxylic acids is 1. The highest BCUT2D eigenvalue weighted by molar-refractivity contribution is 7.92. The molecule has 14 heteroatoms. The van der Waals surface area contributed by atoms with E-state index < -0.39 is 27.9 Å². The first kappa shape index (κ1) is 25.7. The van der Waals surface area contributed by atoms with Crippen LogP contribution in [0.2, 0.25) is 0 Å². The fraction of sp³-hybridized carbons (Fsp3) is 0.238. The number of carboxylic acid groups (broad SMARTS) is 1. The Morgan fingerprint density at radius 1 is 1.26 bits per heavy atom. The molecule has 3 rings (SSSR count). The molecule has 1 atom stereocenters. The van der Waals surface area contributed by atoms with Crippen LogP contribution in [-0.4, -0.2) is 53.7 Å². The normalized spacial score (nSPS) is 12.0. The number of hydrogen-bond donors (Lipinski definition) is 5. The predicted octanol–water partition coefficient (Wildman–Crippen LogP) is 1.19. The first-order chi connectivity index (χ1) is 16.6. The van der Waals surface area contributed by atoms with E-state index in [0.717, 1.165) is 11.3 Å². The van der Waals surface area contributed by atoms with Crippen molar-refractivity contribution in [2.24, 2.45) is 23.5 Å². The van der Waals surface area contributed by atoms with Crippen LogP contribution < -0.4 is 21.5 Å². The van der Waals surface area contributed by atoms with Gasteiger partial charge in [-0.15, -0.1) is 11.3 Å². The van der Waals surface area contributed by atoms with Gasteiger partial charge in [-0.2, -0.15) is 5.10 Å². The lowest BCUT2D eigenvalue weighted by Gasteiger charge is -2.15. The first-order valence-electron chi connectivity index (χ1n) is 10.4. The number of thiophene rings is 1. The van der Waals surface area contributed by atoms with Gasteiger partial charge < -0.3 is 21.9 Å². The van der Waals surface area contributed by atoms with Gasteiger partial charge in [0.05, 0.1) is 16.8 Å². The van der Waals surface area contributed by atoms with Gasteiger partial charge in [-0.25, -0.2) is 13.2 Å². The molecule has 0 radical (unpaired) electrons. The first-order valence-corrected chi connectivity index (χ1v) is 12.7. The summed E-state index contributed by atoms with van der Waals surface area (Å²) >= 11 is 0.983. The standard InChI is InChI=1S/C21H25N7O5S2/c1-28-12-13(11-25-28)14-5-2-3-7-17(14)35(32,33)27-15-8-10-34-18(15)19(29)26-16(20(30)31)6-4-9-24-21(22)23/h2-3,5,7-8,10-12,16,27H,4,6,9H2,1H3,(H,26,29)(H,30,31)(H4,22,23,24)/t16-/m0/s1. The van der Waals surface area contributed by atoms with Gasteiger partial charge in [-0.05, 0) is 30.4 Å². The maximum Gasteiger partial charge on any atom is 0.326 e. The van der Waals surface area contributed by atoms with Crippen molar-refractivity contribution in [3.8, 4) is 11.1 Å². The Morgan fingerprint density at radius 2 is 2.00 bits per heavy atom. The van der Waals surface area contributed by atoms with Gasteiger partial charge in [0.1, 0.15) is 10.9 Å². The number of anilines is 1. The zero-order valence-electron chi connectivity index (χ0n) is 18.7. The summed E-state index contributed by atoms with van der Waals surface area (Å²) in [6.45, 7) is 0.211. The van der Waals surface area contributed by atoms with Crippen molar-refractivity contribution >= 4 is 44.9 Å². The lowest BCUT2D eigenvalue weighted by atomic mass is 10.1. The van der Waals surface area contributed by atoms with Crippen LogP contribution in [0, 0.1) is 0 Å². The molecular weight excluding hydrogens is 494 g/mol. The highest BCUT2D eigenvalue weighted by Gasteiger charge is 2.26. The van der Waals surface area contributed by atoms with Crippen molar-refractivity contribution in [2.45, 2.75) is 23.8 Å². The van der Waals surface area contributed by atoms with E-state index in [1.807, 2.05) is 0 Å². The van der Waals surface area contributed by atoms with Crippen molar-refractivity contribution in [1.82, 2.24) is 15.1 Å². The number of nitrogens with one attached hydrogen (secondary N) is 2. The van der Waals surface area contributed by atoms with Gasteiger partial charge in [-0.1, -0.05) is 18.2 Å². The molecule has 0 spiro atoms. The van der Waals surface area contributed by atoms with E-state index in [0.29, 0.717) is 17.5 Å². The van der Waals surface area contributed by atoms with Crippen molar-refractivity contribution in [1.29, 1.82) is 0 Å². The van der Waals surface area contributed by atoms with Crippen molar-refractivity contribution in [3.63, 3.8) is 0 Å². The van der Waals surface area contributed by atoms with Crippen molar-refractivity contribution in [3.05, 3.63) is 53.0 Å². The number of aryl methyl sites for hydroxylation is 1. The fourth-order valence-corrected chi connectivity index (χ4v) is 5.37. The van der Waals surface area contributed by atoms with E-state index in [1.165, 1.54) is 17.5 Å². The number of aliphatic imine (C=N–C) groups is 1. The summed E-state index contributed by atoms with van der Waals surface area (Å²) < 4.78 is 30.5. The van der Waals surface area contributed by atoms with Crippen LogP contribution in [0.3, 0.4) is 0 Å². The summed E-state index contributed by atoms with van der Waals surface area (Å²) in [6, 6.07) is 6.66. The quantitative estimate of drug-likeness (QED) is 0.141. The second-order valence-corrected chi connectivity index (χ2v) is 10.0. The molecule has 186 valence electrons. The van der Waals surface area contributed by atoms with Crippen LogP contribution in [0.15, 0.2) is 58.0 Å². The number of aromatic nitrogens is 2. The fourth-order valence-electron chi connectivity index (χ4n) is 3.25. The zero-order valence-corrected chi connectivity index (χ0v) is 20.3. The third kappa shape index (κ3) is 6.58. The molecule has 12 nitrogen and oxygen atoms in total. The highest BCUT2D eigenvalue weighted by atomic mass is 32.2. The van der Waals surface area contributed by atoms with E-state index in [-0.39, 0.29) is 34.4 Å². The molecule has 0 aliphatic rings. The van der Waals surface area contributed by atoms with Gasteiger partial charge in [0.2, 0.25) is 0 Å². The van der Waals surface area contributed by atoms with E-state index in [2.05, 4.69) is 20.1 Å². The second-order valence-electron chi connectivity index (χ2n) is 7.48. The average Bonchev–Trinajstić information content (AvgIpc) is 3.44. The van der Waals surface area contributed by atoms with Crippen LogP contribution in [0.1, 0.15) is 22.5 Å². The van der Waals surface area contributed by atoms with E-state index in [4.69, 9.17) is 11.5 Å². The van der Waals surface area contributed by atoms with Gasteiger partial charge in [-0.3, -0.25) is 19.2 Å². The predicted molar refractivity (Wildman–Crippen MR) is 133 cm³/mol. The maximum atomic E-state index is 13.2. The van der Waals surface area contributed by atoms with Gasteiger partial charge in [0.25, 0.3) is 15.9 Å². The summed E-state index contributed by atoms with van der Waals surface area (Å²) in [5.41, 5.74) is 11.6. The number of sulfonamides is 1. The topological polar surface area (TPSA) is 195 Å². The number of nitrogens with zero attached hydrogens (tertiary/aromatic N) is 3. The lowest BCUT2D eigenvalue weighted by molar-refractivity contribution is -0.139. The molecule has 0 aliphatic heterocycles. The summed E-state index contributed by atoms with van der Waals surface area (Å²) in [6.07, 6.45) is 3.65. The van der Waals surface area contributed by atoms with E-state index in [1.54, 1.807) is 42.3 Å². The molecule has 7 N–H and O–H groups in total. The molecule has 0 saturated heterocycles. The van der Waals surface area contributed by atoms with Gasteiger partial charge in [0, 0.05) is 30.9 Å². The van der Waals surface area contributed by atoms with E-state index in [9.17, 15) is 23.1 Å². The van der Waals surface area contributed by atoms with Crippen LogP contribution in [0.5, 0.6) is 0 Å². The second kappa shape index (κ2) is 11.0. The van der Waals surface area contributed by atoms with Crippen molar-refractivity contribution in [2.75, 3.05) is 11.3 Å². The van der Waals surface area contributed by atoms with Gasteiger partial charge >= 0.3 is 5.97 Å². The molecule has 2 aromatic heterocycles. The molecular formula is C21H25N7O5S2. The number of carboxylic acids is 1. The van der Waals surface area contributed by atoms with Gasteiger partial charge in [0.15, 0.2) is 5.96 Å². The Kier molecular flexibility index (Phi) is 8.09. The Balaban J connectivity index is 1.79. The SMILES string of the molecule is Cn1cc(-c2ccccc2S(=O)(=O)Nc2ccsc2C(=O)N[C@@H](CCCN=C(N)N)C(=O)O)cn1. The minimum absolute atomic E-state index is 0.00806. The lowest BCUT2D eigenvalue weighted by Crippen LogP contribution is -2.40. The summed E-state index contributed by atoms with van der Waals surface area (Å²) in [5.74, 6) is -2.05. The van der Waals surface area contributed by atoms with Crippen LogP contribution >= 0.6 is 11.3 Å². The van der Waals surface area contributed by atoms with E-state index >= 15 is 0 Å². The van der Waals surface area contributed by atoms with Crippen LogP contribution in [-0.2, 0) is 21.9 Å². The average molecular weight is 520 g/mol. The number of hydrogen-bond acceptors (Lipinski definition) is 7. The minimum Gasteiger partial charge on any atom is -0.480 e. The summed E-state index contributed by atoms with van der Waals surface area (Å²) in [7, 11) is -2.37. The monoisotopic (exact) mass is 519 g/mol. The summed E-state index contributed by atoms with van der Waals surface area (Å²) in [4.78, 5) is 28.2. The third-order valence-electron chi connectivity index (χ3n) is 4.86. The molecule has 1 aromatic carbocycles. The minimum atomic E-state index is -4.09. The third-order valence-corrected chi connectivity index (χ3v) is 7.19.